The Bertz CT molecular complexity index is 716. The predicted molar refractivity (Wildman–Crippen MR) is 82.2 cm³/mol. The Hall–Kier alpha value is -1.46. The number of aliphatic imine (C=N–C) groups is 1. The summed E-state index contributed by atoms with van der Waals surface area (Å²) in [6.07, 6.45) is 8.32. The summed E-state index contributed by atoms with van der Waals surface area (Å²) in [5, 5.41) is 1.32. The van der Waals surface area contributed by atoms with Crippen molar-refractivity contribution in [3.8, 4) is 0 Å². The van der Waals surface area contributed by atoms with Gasteiger partial charge >= 0.3 is 0 Å². The maximum Gasteiger partial charge on any atom is 0.224 e. The Kier molecular flexibility index (Phi) is 3.01. The third-order valence-electron chi connectivity index (χ3n) is 4.82. The molecule has 0 aromatic carbocycles. The second-order valence-electron chi connectivity index (χ2n) is 5.95. The van der Waals surface area contributed by atoms with Crippen molar-refractivity contribution < 1.29 is 4.74 Å². The fourth-order valence-electron chi connectivity index (χ4n) is 3.71. The molecule has 5 nitrogen and oxygen atoms in total. The van der Waals surface area contributed by atoms with Gasteiger partial charge in [0.1, 0.15) is 5.65 Å². The van der Waals surface area contributed by atoms with Crippen LogP contribution in [0.15, 0.2) is 17.3 Å². The maximum absolute atomic E-state index is 6.00. The minimum absolute atomic E-state index is 0.0124. The van der Waals surface area contributed by atoms with E-state index in [9.17, 15) is 0 Å². The van der Waals surface area contributed by atoms with Crippen molar-refractivity contribution in [3.05, 3.63) is 23.2 Å². The van der Waals surface area contributed by atoms with Gasteiger partial charge in [-0.2, -0.15) is 4.98 Å². The number of hydrogen-bond acceptors (Lipinski definition) is 4. The molecule has 0 atom stereocenters. The predicted octanol–water partition coefficient (Wildman–Crippen LogP) is 2.80. The highest BCUT2D eigenvalue weighted by molar-refractivity contribution is 6.28. The van der Waals surface area contributed by atoms with E-state index in [1.807, 2.05) is 6.21 Å². The molecule has 1 aliphatic heterocycles. The van der Waals surface area contributed by atoms with Crippen molar-refractivity contribution in [2.24, 2.45) is 4.99 Å². The Balaban J connectivity index is 1.85. The van der Waals surface area contributed by atoms with Crippen molar-refractivity contribution in [2.45, 2.75) is 37.3 Å². The Morgan fingerprint density at radius 1 is 1.38 bits per heavy atom. The highest BCUT2D eigenvalue weighted by Crippen LogP contribution is 2.41. The van der Waals surface area contributed by atoms with E-state index in [2.05, 4.69) is 25.6 Å². The Morgan fingerprint density at radius 3 is 2.95 bits per heavy atom. The van der Waals surface area contributed by atoms with Crippen molar-refractivity contribution in [1.29, 1.82) is 0 Å². The molecule has 3 heterocycles. The zero-order valence-corrected chi connectivity index (χ0v) is 12.7. The summed E-state index contributed by atoms with van der Waals surface area (Å²) < 4.78 is 7.83. The third-order valence-corrected chi connectivity index (χ3v) is 5.00. The molecule has 1 fully saturated rings. The molecule has 4 rings (SSSR count). The molecule has 1 aliphatic carbocycles. The molecule has 1 spiro atoms. The first kappa shape index (κ1) is 13.2. The molecule has 0 saturated heterocycles. The molecule has 0 radical (unpaired) electrons. The second-order valence-corrected chi connectivity index (χ2v) is 6.29. The molecule has 0 bridgehead atoms. The highest BCUT2D eigenvalue weighted by atomic mass is 35.5. The van der Waals surface area contributed by atoms with Gasteiger partial charge in [0.05, 0.1) is 23.9 Å². The number of rotatable bonds is 1. The summed E-state index contributed by atoms with van der Waals surface area (Å²) in [6.45, 7) is 0.807. The molecule has 2 aromatic heterocycles. The van der Waals surface area contributed by atoms with E-state index in [4.69, 9.17) is 16.3 Å². The van der Waals surface area contributed by atoms with Crippen molar-refractivity contribution in [3.63, 3.8) is 0 Å². The molecular weight excluding hydrogens is 288 g/mol. The number of hydrogen-bond donors (Lipinski definition) is 0. The monoisotopic (exact) mass is 304 g/mol. The first-order chi connectivity index (χ1) is 10.2. The topological polar surface area (TPSA) is 52.3 Å². The third kappa shape index (κ3) is 1.99. The number of ether oxygens (including phenoxy) is 1. The summed E-state index contributed by atoms with van der Waals surface area (Å²) in [5.41, 5.74) is 2.04. The van der Waals surface area contributed by atoms with Crippen LogP contribution in [0, 0.1) is 0 Å². The lowest BCUT2D eigenvalue weighted by molar-refractivity contribution is 0.0335. The van der Waals surface area contributed by atoms with Crippen LogP contribution in [0.5, 0.6) is 0 Å². The fourth-order valence-corrected chi connectivity index (χ4v) is 3.84. The molecule has 110 valence electrons. The minimum Gasteiger partial charge on any atom is -0.381 e. The van der Waals surface area contributed by atoms with Gasteiger partial charge in [0.15, 0.2) is 0 Å². The van der Waals surface area contributed by atoms with Gasteiger partial charge in [-0.3, -0.25) is 4.99 Å². The van der Waals surface area contributed by atoms with E-state index < -0.39 is 0 Å². The van der Waals surface area contributed by atoms with Gasteiger partial charge in [-0.15, -0.1) is 0 Å². The molecule has 1 saturated carbocycles. The first-order valence-corrected chi connectivity index (χ1v) is 7.67. The summed E-state index contributed by atoms with van der Waals surface area (Å²) in [6, 6.07) is 2.10. The number of fused-ring (bicyclic) bond motifs is 4. The molecule has 0 N–H and O–H groups in total. The van der Waals surface area contributed by atoms with E-state index in [1.54, 1.807) is 13.3 Å². The van der Waals surface area contributed by atoms with Crippen LogP contribution >= 0.6 is 11.6 Å². The van der Waals surface area contributed by atoms with Gasteiger partial charge < -0.3 is 9.30 Å². The van der Waals surface area contributed by atoms with E-state index in [0.717, 1.165) is 49.0 Å². The van der Waals surface area contributed by atoms with Gasteiger partial charge in [-0.1, -0.05) is 0 Å². The van der Waals surface area contributed by atoms with Crippen molar-refractivity contribution >= 4 is 28.8 Å². The minimum atomic E-state index is 0.0124. The molecule has 0 amide bonds. The average Bonchev–Trinajstić information content (AvgIpc) is 2.87. The number of aromatic nitrogens is 3. The molecule has 21 heavy (non-hydrogen) atoms. The summed E-state index contributed by atoms with van der Waals surface area (Å²) in [5.74, 6) is 0. The molecule has 2 aromatic rings. The van der Waals surface area contributed by atoms with Crippen LogP contribution in [0.4, 0.5) is 0 Å². The largest absolute Gasteiger partial charge is 0.381 e. The quantitative estimate of drug-likeness (QED) is 0.761. The fraction of sp³-hybridized carbons (Fsp3) is 0.533. The lowest BCUT2D eigenvalue weighted by atomic mass is 9.79. The molecule has 6 heteroatoms. The lowest BCUT2D eigenvalue weighted by Crippen LogP contribution is -2.44. The first-order valence-electron chi connectivity index (χ1n) is 7.29. The highest BCUT2D eigenvalue weighted by Gasteiger charge is 2.40. The van der Waals surface area contributed by atoms with Crippen molar-refractivity contribution in [2.75, 3.05) is 13.7 Å². The van der Waals surface area contributed by atoms with Crippen LogP contribution in [0.2, 0.25) is 5.28 Å². The molecule has 0 unspecified atom stereocenters. The lowest BCUT2D eigenvalue weighted by Gasteiger charge is -2.42. The smallest absolute Gasteiger partial charge is 0.224 e. The van der Waals surface area contributed by atoms with Crippen LogP contribution < -0.4 is 0 Å². The SMILES string of the molecule is COC1CCC2(CC1)CN=Cc1cc3cnc(Cl)nc3n12. The van der Waals surface area contributed by atoms with Gasteiger partial charge in [0, 0.05) is 24.9 Å². The van der Waals surface area contributed by atoms with E-state index in [1.165, 1.54) is 0 Å². The van der Waals surface area contributed by atoms with Crippen LogP contribution in [0.3, 0.4) is 0 Å². The maximum atomic E-state index is 6.00. The summed E-state index contributed by atoms with van der Waals surface area (Å²) >= 11 is 6.00. The Morgan fingerprint density at radius 2 is 2.19 bits per heavy atom. The van der Waals surface area contributed by atoms with Crippen molar-refractivity contribution in [1.82, 2.24) is 14.5 Å². The van der Waals surface area contributed by atoms with Gasteiger partial charge in [0.25, 0.3) is 0 Å². The second kappa shape index (κ2) is 4.78. The van der Waals surface area contributed by atoms with Crippen LogP contribution in [-0.2, 0) is 10.3 Å². The van der Waals surface area contributed by atoms with Gasteiger partial charge in [0.2, 0.25) is 5.28 Å². The Labute approximate surface area is 128 Å². The number of halogens is 1. The zero-order valence-electron chi connectivity index (χ0n) is 11.9. The van der Waals surface area contributed by atoms with Crippen LogP contribution in [0.25, 0.3) is 11.0 Å². The molecular formula is C15H17ClN4O. The summed E-state index contributed by atoms with van der Waals surface area (Å²) in [4.78, 5) is 13.1. The van der Waals surface area contributed by atoms with E-state index in [0.29, 0.717) is 11.4 Å². The normalized spacial score (nSPS) is 28.2. The standard InChI is InChI=1S/C15H17ClN4O/c1-21-12-2-4-15(5-3-12)9-17-8-11-6-10-7-18-14(16)19-13(10)20(11)15/h6-8,12H,2-5,9H2,1H3. The van der Waals surface area contributed by atoms with Gasteiger partial charge in [-0.05, 0) is 43.4 Å². The molecule has 2 aliphatic rings. The number of methoxy groups -OCH3 is 1. The van der Waals surface area contributed by atoms with Gasteiger partial charge in [-0.25, -0.2) is 4.98 Å². The van der Waals surface area contributed by atoms with E-state index >= 15 is 0 Å². The average molecular weight is 305 g/mol. The number of nitrogens with zero attached hydrogens (tertiary/aromatic N) is 4. The van der Waals surface area contributed by atoms with E-state index in [-0.39, 0.29) is 5.54 Å². The zero-order chi connectivity index (χ0) is 14.4. The summed E-state index contributed by atoms with van der Waals surface area (Å²) in [7, 11) is 1.80. The van der Waals surface area contributed by atoms with Crippen LogP contribution in [0.1, 0.15) is 31.4 Å². The van der Waals surface area contributed by atoms with Crippen LogP contribution in [-0.4, -0.2) is 40.5 Å².